The number of anilines is 1. The minimum Gasteiger partial charge on any atom is -0.337 e. The minimum atomic E-state index is -4.48. The van der Waals surface area contributed by atoms with Gasteiger partial charge < -0.3 is 15.2 Å². The fourth-order valence-electron chi connectivity index (χ4n) is 5.79. The van der Waals surface area contributed by atoms with Gasteiger partial charge in [0.1, 0.15) is 11.6 Å². The Labute approximate surface area is 206 Å². The Morgan fingerprint density at radius 1 is 0.972 bits per heavy atom. The molecule has 2 amide bonds. The summed E-state index contributed by atoms with van der Waals surface area (Å²) in [5.74, 6) is 0.575. The number of amides is 2. The van der Waals surface area contributed by atoms with Gasteiger partial charge >= 0.3 is 12.2 Å². The lowest BCUT2D eigenvalue weighted by atomic mass is 9.53. The second-order valence-electron chi connectivity index (χ2n) is 10.0. The van der Waals surface area contributed by atoms with Crippen LogP contribution < -0.4 is 10.6 Å². The molecule has 10 heteroatoms. The average molecular weight is 502 g/mol. The van der Waals surface area contributed by atoms with Gasteiger partial charge in [0.05, 0.1) is 5.56 Å². The third-order valence-corrected chi connectivity index (χ3v) is 7.95. The normalized spacial score (nSPS) is 23.5. The number of carbonyl (C=O) groups is 1. The number of hydrogen-bond donors (Lipinski definition) is 2. The van der Waals surface area contributed by atoms with Crippen molar-refractivity contribution in [2.45, 2.75) is 50.1 Å². The molecule has 1 aromatic heterocycles. The SMILES string of the molecule is Cn1c(-c2ccccc2C(F)(F)F)nnc1C12CCC(CNC(=O)Nc3ccc(F)cc3)(CC1)CC2. The number of halogens is 4. The molecule has 0 spiro atoms. The minimum absolute atomic E-state index is 0.0216. The zero-order chi connectivity index (χ0) is 25.6. The van der Waals surface area contributed by atoms with Crippen molar-refractivity contribution in [3.63, 3.8) is 0 Å². The number of fused-ring (bicyclic) bond motifs is 3. The summed E-state index contributed by atoms with van der Waals surface area (Å²) in [5.41, 5.74) is -0.430. The van der Waals surface area contributed by atoms with Crippen LogP contribution in [0.25, 0.3) is 11.4 Å². The highest BCUT2D eigenvalue weighted by Crippen LogP contribution is 2.57. The van der Waals surface area contributed by atoms with Gasteiger partial charge in [-0.2, -0.15) is 13.2 Å². The van der Waals surface area contributed by atoms with E-state index in [1.165, 1.54) is 36.4 Å². The number of carbonyl (C=O) groups excluding carboxylic acids is 1. The smallest absolute Gasteiger partial charge is 0.337 e. The topological polar surface area (TPSA) is 71.8 Å². The Hall–Kier alpha value is -3.43. The zero-order valence-electron chi connectivity index (χ0n) is 19.8. The van der Waals surface area contributed by atoms with Crippen LogP contribution in [-0.4, -0.2) is 27.3 Å². The van der Waals surface area contributed by atoms with E-state index < -0.39 is 11.7 Å². The van der Waals surface area contributed by atoms with E-state index in [-0.39, 0.29) is 34.1 Å². The summed E-state index contributed by atoms with van der Waals surface area (Å²) in [6.07, 6.45) is 0.664. The maximum absolute atomic E-state index is 13.6. The van der Waals surface area contributed by atoms with Crippen molar-refractivity contribution in [3.05, 3.63) is 65.7 Å². The lowest BCUT2D eigenvalue weighted by Gasteiger charge is -2.52. The van der Waals surface area contributed by atoms with Crippen LogP contribution in [0.3, 0.4) is 0 Å². The molecular formula is C26H27F4N5O. The van der Waals surface area contributed by atoms with E-state index in [4.69, 9.17) is 0 Å². The van der Waals surface area contributed by atoms with Gasteiger partial charge in [0.25, 0.3) is 0 Å². The van der Waals surface area contributed by atoms with E-state index in [2.05, 4.69) is 20.8 Å². The molecule has 3 aliphatic rings. The van der Waals surface area contributed by atoms with Crippen LogP contribution >= 0.6 is 0 Å². The summed E-state index contributed by atoms with van der Waals surface area (Å²) in [4.78, 5) is 12.4. The molecule has 6 rings (SSSR count). The molecule has 0 aliphatic heterocycles. The number of benzene rings is 2. The first-order chi connectivity index (χ1) is 17.1. The van der Waals surface area contributed by atoms with Crippen molar-refractivity contribution >= 4 is 11.7 Å². The third kappa shape index (κ3) is 4.44. The summed E-state index contributed by atoms with van der Waals surface area (Å²) < 4.78 is 55.5. The van der Waals surface area contributed by atoms with Crippen LogP contribution in [0.1, 0.15) is 49.9 Å². The monoisotopic (exact) mass is 501 g/mol. The summed E-state index contributed by atoms with van der Waals surface area (Å²) >= 11 is 0. The highest BCUT2D eigenvalue weighted by molar-refractivity contribution is 5.89. The number of aromatic nitrogens is 3. The molecule has 0 atom stereocenters. The summed E-state index contributed by atoms with van der Waals surface area (Å²) in [7, 11) is 1.74. The number of alkyl halides is 3. The van der Waals surface area contributed by atoms with Gasteiger partial charge in [0.2, 0.25) is 0 Å². The molecule has 3 fully saturated rings. The van der Waals surface area contributed by atoms with Crippen molar-refractivity contribution in [2.75, 3.05) is 11.9 Å². The van der Waals surface area contributed by atoms with Crippen molar-refractivity contribution in [1.82, 2.24) is 20.1 Å². The maximum atomic E-state index is 13.6. The van der Waals surface area contributed by atoms with E-state index in [0.29, 0.717) is 12.2 Å². The van der Waals surface area contributed by atoms with E-state index >= 15 is 0 Å². The van der Waals surface area contributed by atoms with Crippen LogP contribution in [0.5, 0.6) is 0 Å². The van der Waals surface area contributed by atoms with E-state index in [0.717, 1.165) is 50.4 Å². The second-order valence-corrected chi connectivity index (χ2v) is 10.0. The predicted octanol–water partition coefficient (Wildman–Crippen LogP) is 6.05. The third-order valence-electron chi connectivity index (χ3n) is 7.95. The quantitative estimate of drug-likeness (QED) is 0.418. The highest BCUT2D eigenvalue weighted by Gasteiger charge is 2.51. The van der Waals surface area contributed by atoms with Crippen LogP contribution in [0.15, 0.2) is 48.5 Å². The Kier molecular flexibility index (Phi) is 6.00. The molecule has 6 nitrogen and oxygen atoms in total. The van der Waals surface area contributed by atoms with Crippen molar-refractivity contribution in [2.24, 2.45) is 12.5 Å². The fourth-order valence-corrected chi connectivity index (χ4v) is 5.79. The molecule has 0 radical (unpaired) electrons. The largest absolute Gasteiger partial charge is 0.417 e. The average Bonchev–Trinajstić information content (AvgIpc) is 3.27. The lowest BCUT2D eigenvalue weighted by Crippen LogP contribution is -2.50. The molecule has 3 aromatic rings. The number of nitrogens with zero attached hydrogens (tertiary/aromatic N) is 3. The molecule has 2 N–H and O–H groups in total. The number of hydrogen-bond acceptors (Lipinski definition) is 3. The van der Waals surface area contributed by atoms with Crippen molar-refractivity contribution in [1.29, 1.82) is 0 Å². The molecule has 0 unspecified atom stereocenters. The Balaban J connectivity index is 1.27. The maximum Gasteiger partial charge on any atom is 0.417 e. The molecule has 2 bridgehead atoms. The molecule has 190 valence electrons. The van der Waals surface area contributed by atoms with Gasteiger partial charge in [-0.1, -0.05) is 18.2 Å². The van der Waals surface area contributed by atoms with Crippen LogP contribution in [0, 0.1) is 11.2 Å². The first-order valence-corrected chi connectivity index (χ1v) is 12.0. The summed E-state index contributed by atoms with van der Waals surface area (Å²) in [6.45, 7) is 0.527. The molecule has 0 saturated heterocycles. The fraction of sp³-hybridized carbons (Fsp3) is 0.423. The van der Waals surface area contributed by atoms with Gasteiger partial charge in [-0.15, -0.1) is 10.2 Å². The molecule has 3 saturated carbocycles. The molecule has 2 aromatic carbocycles. The summed E-state index contributed by atoms with van der Waals surface area (Å²) in [6, 6.07) is 10.7. The van der Waals surface area contributed by atoms with Crippen molar-refractivity contribution < 1.29 is 22.4 Å². The molecular weight excluding hydrogens is 474 g/mol. The molecule has 36 heavy (non-hydrogen) atoms. The van der Waals surface area contributed by atoms with Gasteiger partial charge in [-0.25, -0.2) is 9.18 Å². The Bertz CT molecular complexity index is 1240. The van der Waals surface area contributed by atoms with Crippen LogP contribution in [0.2, 0.25) is 0 Å². The first-order valence-electron chi connectivity index (χ1n) is 12.0. The van der Waals surface area contributed by atoms with Gasteiger partial charge in [-0.05, 0) is 74.3 Å². The highest BCUT2D eigenvalue weighted by atomic mass is 19.4. The van der Waals surface area contributed by atoms with E-state index in [1.807, 2.05) is 0 Å². The van der Waals surface area contributed by atoms with Gasteiger partial charge in [0, 0.05) is 30.3 Å². The van der Waals surface area contributed by atoms with Gasteiger partial charge in [0.15, 0.2) is 5.82 Å². The van der Waals surface area contributed by atoms with E-state index in [9.17, 15) is 22.4 Å². The first kappa shape index (κ1) is 24.3. The second kappa shape index (κ2) is 8.90. The predicted molar refractivity (Wildman–Crippen MR) is 127 cm³/mol. The summed E-state index contributed by atoms with van der Waals surface area (Å²) in [5, 5.41) is 14.3. The number of urea groups is 1. The number of nitrogens with one attached hydrogen (secondary N) is 2. The van der Waals surface area contributed by atoms with Crippen molar-refractivity contribution in [3.8, 4) is 11.4 Å². The van der Waals surface area contributed by atoms with E-state index in [1.54, 1.807) is 17.7 Å². The number of rotatable bonds is 5. The van der Waals surface area contributed by atoms with Gasteiger partial charge in [-0.3, -0.25) is 0 Å². The zero-order valence-corrected chi connectivity index (χ0v) is 19.8. The van der Waals surface area contributed by atoms with Crippen LogP contribution in [-0.2, 0) is 18.6 Å². The molecule has 1 heterocycles. The van der Waals surface area contributed by atoms with Crippen LogP contribution in [0.4, 0.5) is 28.0 Å². The lowest BCUT2D eigenvalue weighted by molar-refractivity contribution is -0.137. The Morgan fingerprint density at radius 2 is 1.61 bits per heavy atom. The Morgan fingerprint density at radius 3 is 2.25 bits per heavy atom. The standard InChI is InChI=1S/C26H27F4N5O/c1-35-21(19-4-2-3-5-20(19)26(28,29)30)33-34-22(35)25-13-10-24(11-14-25,12-15-25)16-31-23(36)32-18-8-6-17(27)7-9-18/h2-9H,10-16H2,1H3,(H2,31,32,36). The molecule has 3 aliphatic carbocycles.